The summed E-state index contributed by atoms with van der Waals surface area (Å²) in [5.74, 6) is 5.22. The van der Waals surface area contributed by atoms with Crippen LogP contribution < -0.4 is 0 Å². The first-order valence-corrected chi connectivity index (χ1v) is 6.45. The Morgan fingerprint density at radius 2 is 1.71 bits per heavy atom. The molecule has 0 spiro atoms. The van der Waals surface area contributed by atoms with Crippen LogP contribution in [-0.4, -0.2) is 0 Å². The topological polar surface area (TPSA) is 0 Å². The summed E-state index contributed by atoms with van der Waals surface area (Å²) in [5, 5.41) is 0. The van der Waals surface area contributed by atoms with Gasteiger partial charge < -0.3 is 0 Å². The van der Waals surface area contributed by atoms with Gasteiger partial charge in [-0.3, -0.25) is 0 Å². The average Bonchev–Trinajstić information content (AvgIpc) is 2.80. The smallest absolute Gasteiger partial charge is 0.0306 e. The van der Waals surface area contributed by atoms with E-state index in [0.717, 1.165) is 29.6 Å². The Morgan fingerprint density at radius 3 is 2.21 bits per heavy atom. The van der Waals surface area contributed by atoms with Crippen molar-refractivity contribution in [1.82, 2.24) is 0 Å². The van der Waals surface area contributed by atoms with Crippen molar-refractivity contribution in [3.05, 3.63) is 0 Å². The zero-order valence-corrected chi connectivity index (χ0v) is 10.5. The molecule has 0 aliphatic heterocycles. The fourth-order valence-corrected chi connectivity index (χ4v) is 4.22. The summed E-state index contributed by atoms with van der Waals surface area (Å²) in [6.07, 6.45) is 4.44. The van der Waals surface area contributed by atoms with Crippen LogP contribution >= 0.6 is 0 Å². The molecule has 2 aliphatic carbocycles. The highest BCUT2D eigenvalue weighted by Gasteiger charge is 2.55. The molecule has 5 atom stereocenters. The van der Waals surface area contributed by atoms with E-state index in [1.54, 1.807) is 6.42 Å². The molecule has 2 fully saturated rings. The molecule has 82 valence electrons. The third-order valence-corrected chi connectivity index (χ3v) is 4.79. The molecule has 14 heavy (non-hydrogen) atoms. The molecular formula is C14H26. The second-order valence-corrected chi connectivity index (χ2v) is 6.84. The second kappa shape index (κ2) is 3.25. The molecule has 0 amide bonds. The van der Waals surface area contributed by atoms with E-state index in [4.69, 9.17) is 0 Å². The molecule has 0 heteroatoms. The van der Waals surface area contributed by atoms with Crippen molar-refractivity contribution in [2.45, 2.75) is 53.9 Å². The maximum atomic E-state index is 2.48. The number of rotatable bonds is 1. The van der Waals surface area contributed by atoms with E-state index in [9.17, 15) is 0 Å². The normalized spacial score (nSPS) is 47.4. The van der Waals surface area contributed by atoms with Crippen molar-refractivity contribution in [2.24, 2.45) is 35.0 Å². The Bertz CT molecular complexity index is 211. The van der Waals surface area contributed by atoms with E-state index in [-0.39, 0.29) is 0 Å². The van der Waals surface area contributed by atoms with Crippen LogP contribution in [0.3, 0.4) is 0 Å². The average molecular weight is 194 g/mol. The van der Waals surface area contributed by atoms with Crippen molar-refractivity contribution in [2.75, 3.05) is 0 Å². The molecule has 0 aromatic carbocycles. The van der Waals surface area contributed by atoms with Gasteiger partial charge in [0.05, 0.1) is 0 Å². The first-order chi connectivity index (χ1) is 6.45. The largest absolute Gasteiger partial charge is 0.0651 e. The molecule has 0 N–H and O–H groups in total. The molecule has 0 saturated heterocycles. The predicted molar refractivity (Wildman–Crippen MR) is 62.1 cm³/mol. The van der Waals surface area contributed by atoms with Crippen LogP contribution in [0.4, 0.5) is 0 Å². The first kappa shape index (κ1) is 10.5. The second-order valence-electron chi connectivity index (χ2n) is 6.84. The quantitative estimate of drug-likeness (QED) is 0.582. The highest BCUT2D eigenvalue weighted by atomic mass is 14.6. The zero-order valence-electron chi connectivity index (χ0n) is 10.5. The summed E-state index contributed by atoms with van der Waals surface area (Å²) in [7, 11) is 0. The zero-order chi connectivity index (χ0) is 10.5. The highest BCUT2D eigenvalue weighted by Crippen LogP contribution is 2.62. The first-order valence-electron chi connectivity index (χ1n) is 6.45. The Morgan fingerprint density at radius 1 is 1.07 bits per heavy atom. The Balaban J connectivity index is 2.14. The molecule has 5 unspecified atom stereocenters. The molecule has 0 nitrogen and oxygen atoms in total. The monoisotopic (exact) mass is 194 g/mol. The van der Waals surface area contributed by atoms with E-state index < -0.39 is 0 Å². The number of fused-ring (bicyclic) bond motifs is 1. The van der Waals surface area contributed by atoms with Crippen LogP contribution in [0.25, 0.3) is 0 Å². The minimum absolute atomic E-state index is 0.542. The molecule has 2 saturated carbocycles. The van der Waals surface area contributed by atoms with Gasteiger partial charge in [-0.2, -0.15) is 0 Å². The van der Waals surface area contributed by atoms with Gasteiger partial charge in [0.2, 0.25) is 0 Å². The minimum Gasteiger partial charge on any atom is -0.0651 e. The van der Waals surface area contributed by atoms with E-state index in [1.165, 1.54) is 12.8 Å². The van der Waals surface area contributed by atoms with Gasteiger partial charge in [0.15, 0.2) is 0 Å². The standard InChI is InChI=1S/C14H26/c1-6-10-7-9(2)11-8-12(11)13(10)14(3,4)5/h9-13H,6-8H2,1-5H3. The fraction of sp³-hybridized carbons (Fsp3) is 1.00. The Kier molecular flexibility index (Phi) is 2.44. The lowest BCUT2D eigenvalue weighted by Crippen LogP contribution is -2.35. The van der Waals surface area contributed by atoms with Gasteiger partial charge in [0, 0.05) is 0 Å². The predicted octanol–water partition coefficient (Wildman–Crippen LogP) is 4.35. The van der Waals surface area contributed by atoms with Crippen molar-refractivity contribution < 1.29 is 0 Å². The van der Waals surface area contributed by atoms with Crippen LogP contribution in [0.5, 0.6) is 0 Å². The van der Waals surface area contributed by atoms with E-state index in [2.05, 4.69) is 34.6 Å². The molecule has 0 aromatic rings. The van der Waals surface area contributed by atoms with E-state index >= 15 is 0 Å². The van der Waals surface area contributed by atoms with Gasteiger partial charge in [-0.15, -0.1) is 0 Å². The van der Waals surface area contributed by atoms with Gasteiger partial charge in [-0.05, 0) is 47.8 Å². The van der Waals surface area contributed by atoms with Crippen molar-refractivity contribution >= 4 is 0 Å². The van der Waals surface area contributed by atoms with Crippen molar-refractivity contribution in [3.8, 4) is 0 Å². The van der Waals surface area contributed by atoms with Crippen molar-refractivity contribution in [3.63, 3.8) is 0 Å². The SMILES string of the molecule is CCC1CC(C)C2CC2C1C(C)(C)C. The third-order valence-electron chi connectivity index (χ3n) is 4.79. The summed E-state index contributed by atoms with van der Waals surface area (Å²) in [5.41, 5.74) is 0.542. The van der Waals surface area contributed by atoms with Gasteiger partial charge in [-0.25, -0.2) is 0 Å². The lowest BCUT2D eigenvalue weighted by atomic mass is 9.63. The molecule has 0 bridgehead atoms. The van der Waals surface area contributed by atoms with E-state index in [1.807, 2.05) is 0 Å². The van der Waals surface area contributed by atoms with Crippen LogP contribution in [0, 0.1) is 35.0 Å². The van der Waals surface area contributed by atoms with Crippen molar-refractivity contribution in [1.29, 1.82) is 0 Å². The summed E-state index contributed by atoms with van der Waals surface area (Å²) in [6, 6.07) is 0. The Hall–Kier alpha value is 0. The summed E-state index contributed by atoms with van der Waals surface area (Å²) in [4.78, 5) is 0. The van der Waals surface area contributed by atoms with Gasteiger partial charge in [0.1, 0.15) is 0 Å². The third kappa shape index (κ3) is 1.61. The van der Waals surface area contributed by atoms with Crippen LogP contribution in [0.2, 0.25) is 0 Å². The van der Waals surface area contributed by atoms with Gasteiger partial charge in [0.25, 0.3) is 0 Å². The maximum absolute atomic E-state index is 2.48. The van der Waals surface area contributed by atoms with Gasteiger partial charge >= 0.3 is 0 Å². The summed E-state index contributed by atoms with van der Waals surface area (Å²) in [6.45, 7) is 12.2. The molecule has 0 aromatic heterocycles. The molecule has 2 rings (SSSR count). The maximum Gasteiger partial charge on any atom is -0.0306 e. The Labute approximate surface area is 89.5 Å². The van der Waals surface area contributed by atoms with E-state index in [0.29, 0.717) is 5.41 Å². The van der Waals surface area contributed by atoms with Crippen LogP contribution in [0.1, 0.15) is 53.9 Å². The lowest BCUT2D eigenvalue weighted by molar-refractivity contribution is 0.0694. The molecular weight excluding hydrogens is 168 g/mol. The minimum atomic E-state index is 0.542. The number of hydrogen-bond acceptors (Lipinski definition) is 0. The molecule has 0 radical (unpaired) electrons. The fourth-order valence-electron chi connectivity index (χ4n) is 4.22. The highest BCUT2D eigenvalue weighted by molar-refractivity contribution is 5.03. The summed E-state index contributed by atoms with van der Waals surface area (Å²) >= 11 is 0. The molecule has 0 heterocycles. The number of hydrogen-bond donors (Lipinski definition) is 0. The van der Waals surface area contributed by atoms with Crippen LogP contribution in [0.15, 0.2) is 0 Å². The molecule has 2 aliphatic rings. The van der Waals surface area contributed by atoms with Crippen LogP contribution in [-0.2, 0) is 0 Å². The lowest BCUT2D eigenvalue weighted by Gasteiger charge is -2.42. The summed E-state index contributed by atoms with van der Waals surface area (Å²) < 4.78 is 0. The van der Waals surface area contributed by atoms with Gasteiger partial charge in [-0.1, -0.05) is 41.0 Å².